The van der Waals surface area contributed by atoms with E-state index in [4.69, 9.17) is 4.74 Å². The lowest BCUT2D eigenvalue weighted by Crippen LogP contribution is -2.42. The predicted molar refractivity (Wildman–Crippen MR) is 105 cm³/mol. The molecule has 1 unspecified atom stereocenters. The molecule has 0 bridgehead atoms. The first-order valence-electron chi connectivity index (χ1n) is 9.37. The highest BCUT2D eigenvalue weighted by molar-refractivity contribution is 5.92. The van der Waals surface area contributed by atoms with Crippen molar-refractivity contribution in [1.82, 2.24) is 29.7 Å². The van der Waals surface area contributed by atoms with Gasteiger partial charge in [0.25, 0.3) is 5.91 Å². The topological polar surface area (TPSA) is 85.5 Å². The molecule has 1 atom stereocenters. The van der Waals surface area contributed by atoms with Crippen LogP contribution < -0.4 is 0 Å². The molecular weight excluding hydrogens is 368 g/mol. The Balaban J connectivity index is 1.41. The van der Waals surface area contributed by atoms with Crippen LogP contribution in [0.1, 0.15) is 22.3 Å². The molecule has 1 aromatic carbocycles. The van der Waals surface area contributed by atoms with E-state index in [9.17, 15) is 4.79 Å². The Kier molecular flexibility index (Phi) is 4.45. The van der Waals surface area contributed by atoms with E-state index in [0.717, 1.165) is 22.3 Å². The van der Waals surface area contributed by atoms with Crippen molar-refractivity contribution in [1.29, 1.82) is 0 Å². The summed E-state index contributed by atoms with van der Waals surface area (Å²) >= 11 is 0. The standard InChI is InChI=1S/C21H18N6O2/c28-21(17-12-22-8-9-23-17)26-10-11-29-19(14-26)20-18-7-6-16(13-27(18)25-24-20)15-4-2-1-3-5-15/h1-9,12-13,19H,10-11,14H2. The summed E-state index contributed by atoms with van der Waals surface area (Å²) in [7, 11) is 0. The third-order valence-corrected chi connectivity index (χ3v) is 4.99. The van der Waals surface area contributed by atoms with Gasteiger partial charge < -0.3 is 9.64 Å². The lowest BCUT2D eigenvalue weighted by molar-refractivity contribution is -0.0243. The van der Waals surface area contributed by atoms with Crippen LogP contribution in [0.25, 0.3) is 16.6 Å². The summed E-state index contributed by atoms with van der Waals surface area (Å²) in [6, 6.07) is 14.1. The molecule has 1 fully saturated rings. The molecule has 8 heteroatoms. The maximum Gasteiger partial charge on any atom is 0.274 e. The van der Waals surface area contributed by atoms with Crippen molar-refractivity contribution in [3.63, 3.8) is 0 Å². The Morgan fingerprint density at radius 3 is 2.79 bits per heavy atom. The average Bonchev–Trinajstić information content (AvgIpc) is 3.23. The number of ether oxygens (including phenoxy) is 1. The van der Waals surface area contributed by atoms with Gasteiger partial charge in [0.05, 0.1) is 24.9 Å². The van der Waals surface area contributed by atoms with Crippen LogP contribution in [-0.4, -0.2) is 55.3 Å². The van der Waals surface area contributed by atoms with Crippen LogP contribution in [0.5, 0.6) is 0 Å². The summed E-state index contributed by atoms with van der Waals surface area (Å²) in [5.74, 6) is -0.158. The number of benzene rings is 1. The van der Waals surface area contributed by atoms with Crippen molar-refractivity contribution in [2.24, 2.45) is 0 Å². The van der Waals surface area contributed by atoms with Gasteiger partial charge in [-0.3, -0.25) is 9.78 Å². The van der Waals surface area contributed by atoms with Gasteiger partial charge in [0.2, 0.25) is 0 Å². The summed E-state index contributed by atoms with van der Waals surface area (Å²) in [5, 5.41) is 8.61. The second-order valence-electron chi connectivity index (χ2n) is 6.79. The van der Waals surface area contributed by atoms with Crippen LogP contribution in [0.4, 0.5) is 0 Å². The highest BCUT2D eigenvalue weighted by Crippen LogP contribution is 2.27. The van der Waals surface area contributed by atoms with Crippen LogP contribution in [0.3, 0.4) is 0 Å². The van der Waals surface area contributed by atoms with Crippen molar-refractivity contribution in [2.45, 2.75) is 6.10 Å². The number of hydrogen-bond donors (Lipinski definition) is 0. The van der Waals surface area contributed by atoms with Crippen molar-refractivity contribution < 1.29 is 9.53 Å². The van der Waals surface area contributed by atoms with E-state index in [1.807, 2.05) is 36.5 Å². The summed E-state index contributed by atoms with van der Waals surface area (Å²) in [4.78, 5) is 22.5. The second kappa shape index (κ2) is 7.40. The first kappa shape index (κ1) is 17.4. The zero-order chi connectivity index (χ0) is 19.6. The Bertz CT molecular complexity index is 1150. The fourth-order valence-corrected chi connectivity index (χ4v) is 3.52. The minimum atomic E-state index is -0.343. The molecule has 0 saturated carbocycles. The third-order valence-electron chi connectivity index (χ3n) is 4.99. The lowest BCUT2D eigenvalue weighted by atomic mass is 10.1. The molecule has 1 aliphatic heterocycles. The molecule has 0 N–H and O–H groups in total. The normalized spacial score (nSPS) is 16.8. The second-order valence-corrected chi connectivity index (χ2v) is 6.79. The molecule has 1 amide bonds. The van der Waals surface area contributed by atoms with E-state index in [-0.39, 0.29) is 12.0 Å². The summed E-state index contributed by atoms with van der Waals surface area (Å²) in [6.45, 7) is 1.32. The van der Waals surface area contributed by atoms with Gasteiger partial charge in [0, 0.05) is 30.7 Å². The van der Waals surface area contributed by atoms with Crippen molar-refractivity contribution in [3.8, 4) is 11.1 Å². The number of hydrogen-bond acceptors (Lipinski definition) is 6. The number of rotatable bonds is 3. The molecular formula is C21H18N6O2. The molecule has 29 heavy (non-hydrogen) atoms. The quantitative estimate of drug-likeness (QED) is 0.537. The lowest BCUT2D eigenvalue weighted by Gasteiger charge is -2.31. The highest BCUT2D eigenvalue weighted by atomic mass is 16.5. The summed E-state index contributed by atoms with van der Waals surface area (Å²) < 4.78 is 7.67. The number of carbonyl (C=O) groups excluding carboxylic acids is 1. The van der Waals surface area contributed by atoms with Crippen molar-refractivity contribution in [2.75, 3.05) is 19.7 Å². The van der Waals surface area contributed by atoms with Crippen LogP contribution in [0.2, 0.25) is 0 Å². The Labute approximate surface area is 166 Å². The number of amides is 1. The number of aromatic nitrogens is 5. The molecule has 8 nitrogen and oxygen atoms in total. The third kappa shape index (κ3) is 3.34. The van der Waals surface area contributed by atoms with Gasteiger partial charge in [0.15, 0.2) is 0 Å². The molecule has 0 spiro atoms. The first-order valence-corrected chi connectivity index (χ1v) is 9.37. The molecule has 4 aromatic rings. The van der Waals surface area contributed by atoms with Crippen molar-refractivity contribution >= 4 is 11.4 Å². The van der Waals surface area contributed by atoms with E-state index in [1.165, 1.54) is 12.4 Å². The predicted octanol–water partition coefficient (Wildman–Crippen LogP) is 2.40. The zero-order valence-electron chi connectivity index (χ0n) is 15.5. The van der Waals surface area contributed by atoms with E-state index < -0.39 is 0 Å². The molecule has 1 saturated heterocycles. The van der Waals surface area contributed by atoms with E-state index >= 15 is 0 Å². The molecule has 0 aliphatic carbocycles. The van der Waals surface area contributed by atoms with Crippen molar-refractivity contribution in [3.05, 3.63) is 78.6 Å². The zero-order valence-corrected chi connectivity index (χ0v) is 15.5. The minimum absolute atomic E-state index is 0.158. The monoisotopic (exact) mass is 386 g/mol. The maximum absolute atomic E-state index is 12.7. The largest absolute Gasteiger partial charge is 0.368 e. The highest BCUT2D eigenvalue weighted by Gasteiger charge is 2.29. The van der Waals surface area contributed by atoms with Crippen LogP contribution >= 0.6 is 0 Å². The SMILES string of the molecule is O=C(c1cnccn1)N1CCOC(c2nnn3cc(-c4ccccc4)ccc23)C1. The van der Waals surface area contributed by atoms with Gasteiger partial charge in [0.1, 0.15) is 17.5 Å². The smallest absolute Gasteiger partial charge is 0.274 e. The van der Waals surface area contributed by atoms with E-state index in [2.05, 4.69) is 32.4 Å². The van der Waals surface area contributed by atoms with Gasteiger partial charge >= 0.3 is 0 Å². The number of pyridine rings is 1. The van der Waals surface area contributed by atoms with Gasteiger partial charge in [-0.05, 0) is 11.6 Å². The molecule has 0 radical (unpaired) electrons. The average molecular weight is 386 g/mol. The molecule has 1 aliphatic rings. The number of morpholine rings is 1. The summed E-state index contributed by atoms with van der Waals surface area (Å²) in [6.07, 6.45) is 6.15. The van der Waals surface area contributed by atoms with Gasteiger partial charge in [-0.1, -0.05) is 41.6 Å². The molecule has 144 valence electrons. The van der Waals surface area contributed by atoms with Gasteiger partial charge in [-0.2, -0.15) is 0 Å². The Morgan fingerprint density at radius 1 is 1.07 bits per heavy atom. The fourth-order valence-electron chi connectivity index (χ4n) is 3.52. The first-order chi connectivity index (χ1) is 14.3. The van der Waals surface area contributed by atoms with Gasteiger partial charge in [-0.15, -0.1) is 5.10 Å². The number of carbonyl (C=O) groups is 1. The number of nitrogens with zero attached hydrogens (tertiary/aromatic N) is 6. The van der Waals surface area contributed by atoms with Gasteiger partial charge in [-0.25, -0.2) is 9.50 Å². The fraction of sp³-hybridized carbons (Fsp3) is 0.190. The molecule has 4 heterocycles. The van der Waals surface area contributed by atoms with Crippen LogP contribution in [0, 0.1) is 0 Å². The Hall–Kier alpha value is -3.65. The Morgan fingerprint density at radius 2 is 1.97 bits per heavy atom. The van der Waals surface area contributed by atoms with Crippen LogP contribution in [0.15, 0.2) is 67.3 Å². The minimum Gasteiger partial charge on any atom is -0.368 e. The van der Waals surface area contributed by atoms with E-state index in [1.54, 1.807) is 15.6 Å². The van der Waals surface area contributed by atoms with E-state index in [0.29, 0.717) is 25.4 Å². The number of fused-ring (bicyclic) bond motifs is 1. The van der Waals surface area contributed by atoms with Crippen LogP contribution in [-0.2, 0) is 4.74 Å². The molecule has 5 rings (SSSR count). The maximum atomic E-state index is 12.7. The summed E-state index contributed by atoms with van der Waals surface area (Å²) in [5.41, 5.74) is 4.08. The molecule has 3 aromatic heterocycles.